The minimum Gasteiger partial charge on any atom is -0.504 e. The Morgan fingerprint density at radius 3 is 2.40 bits per heavy atom. The van der Waals surface area contributed by atoms with Crippen molar-refractivity contribution in [2.75, 3.05) is 7.11 Å². The lowest BCUT2D eigenvalue weighted by Crippen LogP contribution is -2.09. The van der Waals surface area contributed by atoms with Crippen LogP contribution in [0.1, 0.15) is 48.7 Å². The van der Waals surface area contributed by atoms with Gasteiger partial charge in [-0.1, -0.05) is 37.3 Å². The SMILES string of the molecule is CCC=C(OC(C)C)c1cc(OC)c(O)cc1C(=O)c1ccccc1. The fraction of sp³-hybridized carbons (Fsp3) is 0.286. The van der Waals surface area contributed by atoms with Crippen LogP contribution >= 0.6 is 0 Å². The van der Waals surface area contributed by atoms with Crippen molar-refractivity contribution in [2.24, 2.45) is 0 Å². The number of phenolic OH excluding ortho intramolecular Hbond substituents is 1. The van der Waals surface area contributed by atoms with Crippen LogP contribution in [-0.4, -0.2) is 24.1 Å². The van der Waals surface area contributed by atoms with E-state index in [1.165, 1.54) is 13.2 Å². The molecule has 0 spiro atoms. The maximum Gasteiger partial charge on any atom is 0.193 e. The van der Waals surface area contributed by atoms with Gasteiger partial charge in [0.15, 0.2) is 17.3 Å². The Kier molecular flexibility index (Phi) is 6.23. The molecule has 25 heavy (non-hydrogen) atoms. The Labute approximate surface area is 148 Å². The molecule has 0 saturated carbocycles. The van der Waals surface area contributed by atoms with E-state index < -0.39 is 0 Å². The third-order valence-corrected chi connectivity index (χ3v) is 3.62. The molecule has 0 unspecified atom stereocenters. The minimum absolute atomic E-state index is 0.0442. The van der Waals surface area contributed by atoms with Crippen molar-refractivity contribution in [1.82, 2.24) is 0 Å². The predicted molar refractivity (Wildman–Crippen MR) is 99.0 cm³/mol. The predicted octanol–water partition coefficient (Wildman–Crippen LogP) is 4.81. The summed E-state index contributed by atoms with van der Waals surface area (Å²) < 4.78 is 11.1. The second-order valence-electron chi connectivity index (χ2n) is 5.91. The number of rotatable bonds is 7. The summed E-state index contributed by atoms with van der Waals surface area (Å²) in [6.07, 6.45) is 2.63. The number of phenols is 1. The highest BCUT2D eigenvalue weighted by Gasteiger charge is 2.21. The summed E-state index contributed by atoms with van der Waals surface area (Å²) in [7, 11) is 1.48. The summed E-state index contributed by atoms with van der Waals surface area (Å²) in [4.78, 5) is 13.0. The topological polar surface area (TPSA) is 55.8 Å². The van der Waals surface area contributed by atoms with Crippen molar-refractivity contribution < 1.29 is 19.4 Å². The van der Waals surface area contributed by atoms with E-state index in [9.17, 15) is 9.90 Å². The number of ketones is 1. The van der Waals surface area contributed by atoms with E-state index >= 15 is 0 Å². The molecule has 0 aliphatic rings. The third kappa shape index (κ3) is 4.41. The summed E-state index contributed by atoms with van der Waals surface area (Å²) in [5.74, 6) is 0.651. The largest absolute Gasteiger partial charge is 0.504 e. The highest BCUT2D eigenvalue weighted by Crippen LogP contribution is 2.35. The molecule has 0 aliphatic carbocycles. The van der Waals surface area contributed by atoms with Crippen LogP contribution in [0, 0.1) is 0 Å². The second-order valence-corrected chi connectivity index (χ2v) is 5.91. The summed E-state index contributed by atoms with van der Waals surface area (Å²) in [5, 5.41) is 10.2. The Hall–Kier alpha value is -2.75. The first kappa shape index (κ1) is 18.6. The number of hydrogen-bond donors (Lipinski definition) is 1. The number of aromatic hydroxyl groups is 1. The first-order chi connectivity index (χ1) is 12.0. The summed E-state index contributed by atoms with van der Waals surface area (Å²) in [6.45, 7) is 5.86. The van der Waals surface area contributed by atoms with Crippen molar-refractivity contribution in [3.05, 3.63) is 65.2 Å². The highest BCUT2D eigenvalue weighted by molar-refractivity contribution is 6.11. The molecule has 0 heterocycles. The molecule has 4 heteroatoms. The number of allylic oxidation sites excluding steroid dienone is 1. The standard InChI is InChI=1S/C21H24O4/c1-5-9-19(25-14(2)3)16-13-20(24-4)18(22)12-17(16)21(23)15-10-7-6-8-11-15/h6-14,22H,5H2,1-4H3. The van der Waals surface area contributed by atoms with Crippen molar-refractivity contribution in [1.29, 1.82) is 0 Å². The summed E-state index contributed by atoms with van der Waals surface area (Å²) in [6, 6.07) is 12.1. The van der Waals surface area contributed by atoms with Gasteiger partial charge in [0, 0.05) is 16.7 Å². The zero-order chi connectivity index (χ0) is 18.4. The van der Waals surface area contributed by atoms with Crippen LogP contribution in [0.2, 0.25) is 0 Å². The molecule has 0 aromatic heterocycles. The van der Waals surface area contributed by atoms with E-state index in [4.69, 9.17) is 9.47 Å². The lowest BCUT2D eigenvalue weighted by molar-refractivity contribution is 0.103. The fourth-order valence-corrected chi connectivity index (χ4v) is 2.53. The van der Waals surface area contributed by atoms with Gasteiger partial charge in [-0.15, -0.1) is 0 Å². The molecule has 4 nitrogen and oxygen atoms in total. The number of hydrogen-bond acceptors (Lipinski definition) is 4. The first-order valence-corrected chi connectivity index (χ1v) is 8.35. The molecule has 2 rings (SSSR count). The second kappa shape index (κ2) is 8.38. The molecule has 0 amide bonds. The number of carbonyl (C=O) groups is 1. The van der Waals surface area contributed by atoms with Gasteiger partial charge in [-0.2, -0.15) is 0 Å². The Morgan fingerprint density at radius 1 is 1.16 bits per heavy atom. The van der Waals surface area contributed by atoms with E-state index in [1.54, 1.807) is 18.2 Å². The average molecular weight is 340 g/mol. The van der Waals surface area contributed by atoms with Gasteiger partial charge in [0.25, 0.3) is 0 Å². The van der Waals surface area contributed by atoms with Gasteiger partial charge in [0.1, 0.15) is 5.76 Å². The maximum atomic E-state index is 13.0. The zero-order valence-electron chi connectivity index (χ0n) is 15.1. The first-order valence-electron chi connectivity index (χ1n) is 8.35. The highest BCUT2D eigenvalue weighted by atomic mass is 16.5. The summed E-state index contributed by atoms with van der Waals surface area (Å²) >= 11 is 0. The van der Waals surface area contributed by atoms with Crippen LogP contribution in [0.15, 0.2) is 48.5 Å². The Morgan fingerprint density at radius 2 is 1.84 bits per heavy atom. The van der Waals surface area contributed by atoms with Gasteiger partial charge >= 0.3 is 0 Å². The van der Waals surface area contributed by atoms with E-state index in [1.807, 2.05) is 45.0 Å². The van der Waals surface area contributed by atoms with Crippen molar-refractivity contribution in [3.63, 3.8) is 0 Å². The van der Waals surface area contributed by atoms with Crippen LogP contribution < -0.4 is 4.74 Å². The van der Waals surface area contributed by atoms with Gasteiger partial charge in [-0.05, 0) is 38.5 Å². The molecule has 0 atom stereocenters. The molecule has 0 aliphatic heterocycles. The quantitative estimate of drug-likeness (QED) is 0.580. The average Bonchev–Trinajstić information content (AvgIpc) is 2.61. The van der Waals surface area contributed by atoms with E-state index in [-0.39, 0.29) is 17.6 Å². The van der Waals surface area contributed by atoms with Crippen LogP contribution in [0.5, 0.6) is 11.5 Å². The van der Waals surface area contributed by atoms with E-state index in [2.05, 4.69) is 0 Å². The monoisotopic (exact) mass is 340 g/mol. The molecule has 0 fully saturated rings. The van der Waals surface area contributed by atoms with Gasteiger partial charge in [-0.25, -0.2) is 0 Å². The molecular weight excluding hydrogens is 316 g/mol. The van der Waals surface area contributed by atoms with Gasteiger partial charge in [0.2, 0.25) is 0 Å². The molecule has 1 N–H and O–H groups in total. The summed E-state index contributed by atoms with van der Waals surface area (Å²) in [5.41, 5.74) is 1.54. The van der Waals surface area contributed by atoms with Crippen LogP contribution in [0.4, 0.5) is 0 Å². The van der Waals surface area contributed by atoms with Crippen LogP contribution in [-0.2, 0) is 4.74 Å². The van der Waals surface area contributed by atoms with Crippen LogP contribution in [0.3, 0.4) is 0 Å². The minimum atomic E-state index is -0.178. The Balaban J connectivity index is 2.63. The zero-order valence-corrected chi connectivity index (χ0v) is 15.1. The molecule has 0 bridgehead atoms. The lowest BCUT2D eigenvalue weighted by Gasteiger charge is -2.18. The van der Waals surface area contributed by atoms with Crippen molar-refractivity contribution >= 4 is 11.5 Å². The number of carbonyl (C=O) groups excluding carboxylic acids is 1. The molecule has 132 valence electrons. The number of ether oxygens (including phenoxy) is 2. The number of benzene rings is 2. The van der Waals surface area contributed by atoms with Crippen molar-refractivity contribution in [3.8, 4) is 11.5 Å². The maximum absolute atomic E-state index is 13.0. The van der Waals surface area contributed by atoms with Crippen LogP contribution in [0.25, 0.3) is 5.76 Å². The molecule has 0 saturated heterocycles. The Bertz CT molecular complexity index is 761. The van der Waals surface area contributed by atoms with Gasteiger partial charge in [0.05, 0.1) is 13.2 Å². The molecule has 2 aromatic rings. The van der Waals surface area contributed by atoms with Crippen molar-refractivity contribution in [2.45, 2.75) is 33.3 Å². The smallest absolute Gasteiger partial charge is 0.193 e. The van der Waals surface area contributed by atoms with Gasteiger partial charge < -0.3 is 14.6 Å². The third-order valence-electron chi connectivity index (χ3n) is 3.62. The normalized spacial score (nSPS) is 11.5. The molecular formula is C21H24O4. The molecule has 2 aromatic carbocycles. The molecule has 0 radical (unpaired) electrons. The lowest BCUT2D eigenvalue weighted by atomic mass is 9.96. The number of methoxy groups -OCH3 is 1. The van der Waals surface area contributed by atoms with Gasteiger partial charge in [-0.3, -0.25) is 4.79 Å². The fourth-order valence-electron chi connectivity index (χ4n) is 2.53. The van der Waals surface area contributed by atoms with E-state index in [0.717, 1.165) is 6.42 Å². The van der Waals surface area contributed by atoms with E-state index in [0.29, 0.717) is 28.2 Å².